The molecule has 2 aromatic rings. The number of amides is 1. The van der Waals surface area contributed by atoms with Gasteiger partial charge in [-0.2, -0.15) is 0 Å². The minimum Gasteiger partial charge on any atom is -0.496 e. The summed E-state index contributed by atoms with van der Waals surface area (Å²) in [6.07, 6.45) is 0. The molecule has 1 atom stereocenters. The quantitative estimate of drug-likeness (QED) is 0.941. The number of methoxy groups -OCH3 is 1. The molecule has 1 aliphatic heterocycles. The van der Waals surface area contributed by atoms with Crippen LogP contribution in [-0.2, 0) is 0 Å². The summed E-state index contributed by atoms with van der Waals surface area (Å²) in [6, 6.07) is 10.9. The number of rotatable bonds is 4. The van der Waals surface area contributed by atoms with Crippen LogP contribution in [0.15, 0.2) is 36.4 Å². The SMILES string of the molecule is COc1ccc(C)cc1[C@H](C)NC(=O)c1ccc2c(c1)OCO2. The molecule has 0 fully saturated rings. The van der Waals surface area contributed by atoms with E-state index >= 15 is 0 Å². The highest BCUT2D eigenvalue weighted by Gasteiger charge is 2.19. The van der Waals surface area contributed by atoms with Crippen LogP contribution in [0.2, 0.25) is 0 Å². The van der Waals surface area contributed by atoms with Crippen molar-refractivity contribution in [3.63, 3.8) is 0 Å². The molecule has 3 rings (SSSR count). The largest absolute Gasteiger partial charge is 0.496 e. The topological polar surface area (TPSA) is 56.8 Å². The summed E-state index contributed by atoms with van der Waals surface area (Å²) < 4.78 is 15.9. The van der Waals surface area contributed by atoms with Crippen LogP contribution in [0, 0.1) is 6.92 Å². The van der Waals surface area contributed by atoms with Gasteiger partial charge < -0.3 is 19.5 Å². The van der Waals surface area contributed by atoms with E-state index in [9.17, 15) is 4.79 Å². The maximum Gasteiger partial charge on any atom is 0.251 e. The Kier molecular flexibility index (Phi) is 4.10. The summed E-state index contributed by atoms with van der Waals surface area (Å²) >= 11 is 0. The summed E-state index contributed by atoms with van der Waals surface area (Å²) in [7, 11) is 1.63. The van der Waals surface area contributed by atoms with Crippen molar-refractivity contribution < 1.29 is 19.0 Å². The van der Waals surface area contributed by atoms with E-state index in [2.05, 4.69) is 5.32 Å². The second-order valence-corrected chi connectivity index (χ2v) is 5.51. The van der Waals surface area contributed by atoms with Crippen LogP contribution < -0.4 is 19.5 Å². The van der Waals surface area contributed by atoms with Crippen molar-refractivity contribution >= 4 is 5.91 Å². The molecule has 0 radical (unpaired) electrons. The van der Waals surface area contributed by atoms with E-state index in [1.807, 2.05) is 32.0 Å². The van der Waals surface area contributed by atoms with Crippen LogP contribution in [0.5, 0.6) is 17.2 Å². The number of hydrogen-bond donors (Lipinski definition) is 1. The van der Waals surface area contributed by atoms with Gasteiger partial charge in [-0.15, -0.1) is 0 Å². The van der Waals surface area contributed by atoms with Gasteiger partial charge in [0.2, 0.25) is 6.79 Å². The van der Waals surface area contributed by atoms with Gasteiger partial charge in [-0.3, -0.25) is 4.79 Å². The highest BCUT2D eigenvalue weighted by molar-refractivity contribution is 5.95. The number of ether oxygens (including phenoxy) is 3. The molecular formula is C18H19NO4. The van der Waals surface area contributed by atoms with Gasteiger partial charge in [0.25, 0.3) is 5.91 Å². The van der Waals surface area contributed by atoms with Crippen LogP contribution in [0.3, 0.4) is 0 Å². The summed E-state index contributed by atoms with van der Waals surface area (Å²) in [6.45, 7) is 4.13. The van der Waals surface area contributed by atoms with Crippen LogP contribution in [0.1, 0.15) is 34.5 Å². The molecule has 0 saturated carbocycles. The van der Waals surface area contributed by atoms with Gasteiger partial charge in [0.05, 0.1) is 13.2 Å². The number of carbonyl (C=O) groups excluding carboxylic acids is 1. The van der Waals surface area contributed by atoms with E-state index in [1.165, 1.54) is 0 Å². The van der Waals surface area contributed by atoms with Gasteiger partial charge >= 0.3 is 0 Å². The average Bonchev–Trinajstić information content (AvgIpc) is 3.02. The number of fused-ring (bicyclic) bond motifs is 1. The summed E-state index contributed by atoms with van der Waals surface area (Å²) in [5.74, 6) is 1.85. The first-order valence-corrected chi connectivity index (χ1v) is 7.43. The van der Waals surface area contributed by atoms with Crippen molar-refractivity contribution in [1.82, 2.24) is 5.32 Å². The minimum atomic E-state index is -0.178. The predicted molar refractivity (Wildman–Crippen MR) is 86.2 cm³/mol. The second-order valence-electron chi connectivity index (χ2n) is 5.51. The fourth-order valence-corrected chi connectivity index (χ4v) is 2.59. The van der Waals surface area contributed by atoms with Gasteiger partial charge in [0.15, 0.2) is 11.5 Å². The molecule has 23 heavy (non-hydrogen) atoms. The third-order valence-corrected chi connectivity index (χ3v) is 3.83. The molecule has 1 aliphatic rings. The number of aryl methyl sites for hydroxylation is 1. The molecule has 0 aromatic heterocycles. The van der Waals surface area contributed by atoms with Crippen molar-refractivity contribution in [2.45, 2.75) is 19.9 Å². The lowest BCUT2D eigenvalue weighted by atomic mass is 10.0. The van der Waals surface area contributed by atoms with Gasteiger partial charge in [0.1, 0.15) is 5.75 Å². The van der Waals surface area contributed by atoms with E-state index in [0.717, 1.165) is 16.9 Å². The molecule has 5 nitrogen and oxygen atoms in total. The van der Waals surface area contributed by atoms with Gasteiger partial charge in [0, 0.05) is 11.1 Å². The maximum absolute atomic E-state index is 12.5. The van der Waals surface area contributed by atoms with Crippen LogP contribution in [0.4, 0.5) is 0 Å². The number of nitrogens with one attached hydrogen (secondary N) is 1. The molecule has 120 valence electrons. The third kappa shape index (κ3) is 3.08. The molecule has 0 spiro atoms. The number of hydrogen-bond acceptors (Lipinski definition) is 4. The maximum atomic E-state index is 12.5. The molecule has 0 unspecified atom stereocenters. The zero-order valence-electron chi connectivity index (χ0n) is 13.4. The molecule has 1 heterocycles. The second kappa shape index (κ2) is 6.20. The van der Waals surface area contributed by atoms with Crippen LogP contribution in [-0.4, -0.2) is 19.8 Å². The van der Waals surface area contributed by atoms with Crippen molar-refractivity contribution in [1.29, 1.82) is 0 Å². The molecule has 1 amide bonds. The van der Waals surface area contributed by atoms with E-state index in [4.69, 9.17) is 14.2 Å². The molecule has 0 saturated heterocycles. The lowest BCUT2D eigenvalue weighted by Gasteiger charge is -2.18. The Morgan fingerprint density at radius 1 is 1.17 bits per heavy atom. The fraction of sp³-hybridized carbons (Fsp3) is 0.278. The molecule has 1 N–H and O–H groups in total. The average molecular weight is 313 g/mol. The Labute approximate surface area is 135 Å². The molecule has 5 heteroatoms. The van der Waals surface area contributed by atoms with E-state index in [-0.39, 0.29) is 18.7 Å². The monoisotopic (exact) mass is 313 g/mol. The zero-order chi connectivity index (χ0) is 16.4. The zero-order valence-corrected chi connectivity index (χ0v) is 13.4. The summed E-state index contributed by atoms with van der Waals surface area (Å²) in [5.41, 5.74) is 2.60. The lowest BCUT2D eigenvalue weighted by molar-refractivity contribution is 0.0939. The highest BCUT2D eigenvalue weighted by atomic mass is 16.7. The predicted octanol–water partition coefficient (Wildman–Crippen LogP) is 3.22. The molecule has 0 aliphatic carbocycles. The number of carbonyl (C=O) groups is 1. The Bertz CT molecular complexity index is 742. The van der Waals surface area contributed by atoms with E-state index < -0.39 is 0 Å². The Balaban J connectivity index is 1.78. The van der Waals surface area contributed by atoms with Gasteiger partial charge in [-0.25, -0.2) is 0 Å². The van der Waals surface area contributed by atoms with Gasteiger partial charge in [-0.05, 0) is 38.1 Å². The molecule has 2 aromatic carbocycles. The summed E-state index contributed by atoms with van der Waals surface area (Å²) in [4.78, 5) is 12.5. The Morgan fingerprint density at radius 3 is 2.74 bits per heavy atom. The van der Waals surface area contributed by atoms with Crippen LogP contribution >= 0.6 is 0 Å². The van der Waals surface area contributed by atoms with Crippen molar-refractivity contribution in [3.8, 4) is 17.2 Å². The van der Waals surface area contributed by atoms with Crippen LogP contribution in [0.25, 0.3) is 0 Å². The molecular weight excluding hydrogens is 294 g/mol. The van der Waals surface area contributed by atoms with Crippen molar-refractivity contribution in [3.05, 3.63) is 53.1 Å². The standard InChI is InChI=1S/C18H19NO4/c1-11-4-6-15(21-3)14(8-11)12(2)19-18(20)13-5-7-16-17(9-13)23-10-22-16/h4-9,12H,10H2,1-3H3,(H,19,20)/t12-/m0/s1. The first-order chi connectivity index (χ1) is 11.1. The number of benzene rings is 2. The smallest absolute Gasteiger partial charge is 0.251 e. The first kappa shape index (κ1) is 15.2. The third-order valence-electron chi connectivity index (χ3n) is 3.83. The Morgan fingerprint density at radius 2 is 1.96 bits per heavy atom. The lowest BCUT2D eigenvalue weighted by Crippen LogP contribution is -2.27. The fourth-order valence-electron chi connectivity index (χ4n) is 2.59. The first-order valence-electron chi connectivity index (χ1n) is 7.43. The normalized spacial score (nSPS) is 13.5. The highest BCUT2D eigenvalue weighted by Crippen LogP contribution is 2.33. The van der Waals surface area contributed by atoms with Crippen molar-refractivity contribution in [2.24, 2.45) is 0 Å². The van der Waals surface area contributed by atoms with E-state index in [1.54, 1.807) is 25.3 Å². The minimum absolute atomic E-state index is 0.167. The van der Waals surface area contributed by atoms with E-state index in [0.29, 0.717) is 17.1 Å². The Hall–Kier alpha value is -2.69. The molecule has 0 bridgehead atoms. The van der Waals surface area contributed by atoms with Gasteiger partial charge in [-0.1, -0.05) is 17.7 Å². The summed E-state index contributed by atoms with van der Waals surface area (Å²) in [5, 5.41) is 2.99. The van der Waals surface area contributed by atoms with Crippen molar-refractivity contribution in [2.75, 3.05) is 13.9 Å².